The molecule has 0 spiro atoms. The van der Waals surface area contributed by atoms with Crippen molar-refractivity contribution in [2.24, 2.45) is 0 Å². The molecule has 0 atom stereocenters. The van der Waals surface area contributed by atoms with Crippen molar-refractivity contribution in [3.63, 3.8) is 0 Å². The maximum Gasteiger partial charge on any atom is 0.150 e. The minimum absolute atomic E-state index is 0.722. The van der Waals surface area contributed by atoms with Gasteiger partial charge in [0.05, 0.1) is 12.0 Å². The molecule has 0 unspecified atom stereocenters. The van der Waals surface area contributed by atoms with Gasteiger partial charge in [0, 0.05) is 10.5 Å². The van der Waals surface area contributed by atoms with E-state index in [2.05, 4.69) is 0 Å². The number of benzene rings is 1. The van der Waals surface area contributed by atoms with Crippen LogP contribution in [0.2, 0.25) is 0 Å². The zero-order valence-electron chi connectivity index (χ0n) is 8.97. The molecular formula is C13H12O2S. The van der Waals surface area contributed by atoms with Gasteiger partial charge in [0.1, 0.15) is 12.0 Å². The summed E-state index contributed by atoms with van der Waals surface area (Å²) in [7, 11) is 0. The molecule has 1 aromatic carbocycles. The van der Waals surface area contributed by atoms with Crippen molar-refractivity contribution in [1.82, 2.24) is 0 Å². The topological polar surface area (TPSA) is 30.2 Å². The van der Waals surface area contributed by atoms with Crippen LogP contribution in [0.5, 0.6) is 0 Å². The highest BCUT2D eigenvalue weighted by Crippen LogP contribution is 2.26. The maximum atomic E-state index is 10.6. The van der Waals surface area contributed by atoms with E-state index >= 15 is 0 Å². The Labute approximate surface area is 98.7 Å². The molecule has 0 aliphatic rings. The molecule has 3 heteroatoms. The molecule has 1 heterocycles. The highest BCUT2D eigenvalue weighted by Gasteiger charge is 2.02. The first-order valence-electron chi connectivity index (χ1n) is 5.00. The Kier molecular flexibility index (Phi) is 3.47. The minimum Gasteiger partial charge on any atom is -0.468 e. The Hall–Kier alpha value is -1.48. The summed E-state index contributed by atoms with van der Waals surface area (Å²) in [4.78, 5) is 11.8. The summed E-state index contributed by atoms with van der Waals surface area (Å²) in [6.07, 6.45) is 2.55. The fourth-order valence-corrected chi connectivity index (χ4v) is 2.36. The van der Waals surface area contributed by atoms with E-state index in [-0.39, 0.29) is 0 Å². The molecule has 0 radical (unpaired) electrons. The lowest BCUT2D eigenvalue weighted by Crippen LogP contribution is -1.85. The van der Waals surface area contributed by atoms with Crippen molar-refractivity contribution >= 4 is 18.0 Å². The van der Waals surface area contributed by atoms with Crippen LogP contribution in [0.15, 0.2) is 45.9 Å². The number of thioether (sulfide) groups is 1. The molecule has 0 saturated carbocycles. The zero-order valence-corrected chi connectivity index (χ0v) is 9.79. The number of aldehydes is 1. The molecule has 1 aromatic heterocycles. The molecular weight excluding hydrogens is 220 g/mol. The largest absolute Gasteiger partial charge is 0.468 e. The van der Waals surface area contributed by atoms with E-state index in [1.807, 2.05) is 37.3 Å². The summed E-state index contributed by atoms with van der Waals surface area (Å²) in [5.74, 6) is 1.78. The monoisotopic (exact) mass is 232 g/mol. The average Bonchev–Trinajstić information content (AvgIpc) is 2.80. The van der Waals surface area contributed by atoms with Crippen LogP contribution in [0.1, 0.15) is 21.7 Å². The first-order chi connectivity index (χ1) is 7.79. The van der Waals surface area contributed by atoms with Crippen LogP contribution in [0.4, 0.5) is 0 Å². The third-order valence-electron chi connectivity index (χ3n) is 2.29. The summed E-state index contributed by atoms with van der Waals surface area (Å²) >= 11 is 1.71. The predicted molar refractivity (Wildman–Crippen MR) is 64.8 cm³/mol. The third kappa shape index (κ3) is 2.55. The predicted octanol–water partition coefficient (Wildman–Crippen LogP) is 3.69. The van der Waals surface area contributed by atoms with Gasteiger partial charge in [-0.2, -0.15) is 0 Å². The molecule has 16 heavy (non-hydrogen) atoms. The van der Waals surface area contributed by atoms with Crippen molar-refractivity contribution in [2.75, 3.05) is 0 Å². The fraction of sp³-hybridized carbons (Fsp3) is 0.154. The number of aryl methyl sites for hydroxylation is 1. The highest BCUT2D eigenvalue weighted by molar-refractivity contribution is 7.98. The lowest BCUT2D eigenvalue weighted by atomic mass is 10.2. The van der Waals surface area contributed by atoms with E-state index in [1.54, 1.807) is 18.0 Å². The van der Waals surface area contributed by atoms with Crippen LogP contribution in [-0.4, -0.2) is 6.29 Å². The molecule has 82 valence electrons. The van der Waals surface area contributed by atoms with Crippen molar-refractivity contribution in [1.29, 1.82) is 0 Å². The number of carbonyl (C=O) groups is 1. The highest BCUT2D eigenvalue weighted by atomic mass is 32.2. The Balaban J connectivity index is 2.07. The minimum atomic E-state index is 0.722. The zero-order chi connectivity index (χ0) is 11.4. The first-order valence-corrected chi connectivity index (χ1v) is 5.99. The van der Waals surface area contributed by atoms with Gasteiger partial charge in [-0.25, -0.2) is 0 Å². The van der Waals surface area contributed by atoms with E-state index in [9.17, 15) is 4.79 Å². The van der Waals surface area contributed by atoms with Gasteiger partial charge in [0.15, 0.2) is 0 Å². The van der Waals surface area contributed by atoms with E-state index in [0.717, 1.165) is 28.9 Å². The summed E-state index contributed by atoms with van der Waals surface area (Å²) in [6.45, 7) is 2.01. The average molecular weight is 232 g/mol. The van der Waals surface area contributed by atoms with Crippen LogP contribution >= 0.6 is 11.8 Å². The van der Waals surface area contributed by atoms with E-state index in [0.29, 0.717) is 0 Å². The van der Waals surface area contributed by atoms with Gasteiger partial charge >= 0.3 is 0 Å². The second kappa shape index (κ2) is 5.03. The Bertz CT molecular complexity index is 475. The van der Waals surface area contributed by atoms with Crippen LogP contribution in [0, 0.1) is 6.92 Å². The first kappa shape index (κ1) is 11.0. The normalized spacial score (nSPS) is 10.3. The maximum absolute atomic E-state index is 10.6. The summed E-state index contributed by atoms with van der Waals surface area (Å²) in [5, 5.41) is 0. The molecule has 0 fully saturated rings. The molecule has 0 amide bonds. The van der Waals surface area contributed by atoms with Gasteiger partial charge in [-0.05, 0) is 36.8 Å². The van der Waals surface area contributed by atoms with Crippen LogP contribution in [0.3, 0.4) is 0 Å². The number of hydrogen-bond acceptors (Lipinski definition) is 3. The number of carbonyl (C=O) groups excluding carboxylic acids is 1. The second-order valence-corrected chi connectivity index (χ2v) is 4.53. The second-order valence-electron chi connectivity index (χ2n) is 3.51. The van der Waals surface area contributed by atoms with Gasteiger partial charge in [0.2, 0.25) is 0 Å². The summed E-state index contributed by atoms with van der Waals surface area (Å²) in [6, 6.07) is 9.56. The van der Waals surface area contributed by atoms with Crippen molar-refractivity contribution in [3.8, 4) is 0 Å². The molecule has 0 bridgehead atoms. The van der Waals surface area contributed by atoms with Gasteiger partial charge in [0.25, 0.3) is 0 Å². The Morgan fingerprint density at radius 3 is 2.88 bits per heavy atom. The van der Waals surface area contributed by atoms with Gasteiger partial charge in [-0.3, -0.25) is 4.79 Å². The Morgan fingerprint density at radius 1 is 1.38 bits per heavy atom. The molecule has 0 N–H and O–H groups in total. The third-order valence-corrected chi connectivity index (χ3v) is 3.48. The number of hydrogen-bond donors (Lipinski definition) is 0. The molecule has 0 aliphatic carbocycles. The van der Waals surface area contributed by atoms with Crippen LogP contribution in [-0.2, 0) is 5.75 Å². The quantitative estimate of drug-likeness (QED) is 0.595. The van der Waals surface area contributed by atoms with Crippen molar-refractivity contribution < 1.29 is 9.21 Å². The standard InChI is InChI=1S/C13H12O2S/c1-10-7-11(8-14)4-5-13(10)16-9-12-3-2-6-15-12/h2-8H,9H2,1H3. The molecule has 0 saturated heterocycles. The van der Waals surface area contributed by atoms with Gasteiger partial charge in [-0.1, -0.05) is 6.07 Å². The lowest BCUT2D eigenvalue weighted by molar-refractivity contribution is 0.112. The van der Waals surface area contributed by atoms with E-state index in [1.165, 1.54) is 4.90 Å². The summed E-state index contributed by atoms with van der Waals surface area (Å²) in [5.41, 5.74) is 1.85. The van der Waals surface area contributed by atoms with Gasteiger partial charge in [-0.15, -0.1) is 11.8 Å². The number of rotatable bonds is 4. The smallest absolute Gasteiger partial charge is 0.150 e. The molecule has 2 nitrogen and oxygen atoms in total. The lowest BCUT2D eigenvalue weighted by Gasteiger charge is -2.04. The number of furan rings is 1. The van der Waals surface area contributed by atoms with Gasteiger partial charge < -0.3 is 4.42 Å². The fourth-order valence-electron chi connectivity index (χ4n) is 1.45. The SMILES string of the molecule is Cc1cc(C=O)ccc1SCc1ccco1. The van der Waals surface area contributed by atoms with Crippen molar-refractivity contribution in [2.45, 2.75) is 17.6 Å². The summed E-state index contributed by atoms with van der Waals surface area (Å²) < 4.78 is 5.26. The van der Waals surface area contributed by atoms with Crippen molar-refractivity contribution in [3.05, 3.63) is 53.5 Å². The van der Waals surface area contributed by atoms with Crippen LogP contribution in [0.25, 0.3) is 0 Å². The molecule has 0 aliphatic heterocycles. The van der Waals surface area contributed by atoms with E-state index in [4.69, 9.17) is 4.42 Å². The van der Waals surface area contributed by atoms with Crippen LogP contribution < -0.4 is 0 Å². The molecule has 2 rings (SSSR count). The molecule has 2 aromatic rings. The van der Waals surface area contributed by atoms with E-state index < -0.39 is 0 Å². The Morgan fingerprint density at radius 2 is 2.25 bits per heavy atom.